The fourth-order valence-corrected chi connectivity index (χ4v) is 1.85. The lowest BCUT2D eigenvalue weighted by Gasteiger charge is -2.28. The second-order valence-electron chi connectivity index (χ2n) is 5.01. The molecule has 0 aliphatic heterocycles. The number of anilines is 1. The van der Waals surface area contributed by atoms with Crippen molar-refractivity contribution in [1.29, 1.82) is 0 Å². The van der Waals surface area contributed by atoms with Gasteiger partial charge in [0.1, 0.15) is 11.5 Å². The smallest absolute Gasteiger partial charge is 0.274 e. The van der Waals surface area contributed by atoms with Crippen molar-refractivity contribution >= 4 is 23.3 Å². The van der Waals surface area contributed by atoms with Crippen LogP contribution in [-0.2, 0) is 0 Å². The number of nitrogen functional groups attached to an aromatic ring is 1. The quantitative estimate of drug-likeness (QED) is 0.914. The Hall–Kier alpha value is -1.29. The molecule has 1 amide bonds. The minimum Gasteiger partial charge on any atom is -0.384 e. The van der Waals surface area contributed by atoms with Crippen LogP contribution >= 0.6 is 11.6 Å². The van der Waals surface area contributed by atoms with E-state index in [1.165, 1.54) is 0 Å². The molecule has 0 aliphatic carbocycles. The van der Waals surface area contributed by atoms with Gasteiger partial charge in [-0.25, -0.2) is 4.98 Å². The van der Waals surface area contributed by atoms with Gasteiger partial charge in [0.25, 0.3) is 5.91 Å². The number of halogens is 1. The highest BCUT2D eigenvalue weighted by atomic mass is 35.5. The topological polar surface area (TPSA) is 59.2 Å². The summed E-state index contributed by atoms with van der Waals surface area (Å²) in [4.78, 5) is 18.2. The van der Waals surface area contributed by atoms with E-state index in [1.54, 1.807) is 17.0 Å². The van der Waals surface area contributed by atoms with Gasteiger partial charge >= 0.3 is 0 Å². The van der Waals surface area contributed by atoms with Crippen molar-refractivity contribution in [3.63, 3.8) is 0 Å². The van der Waals surface area contributed by atoms with Gasteiger partial charge in [-0.3, -0.25) is 4.79 Å². The van der Waals surface area contributed by atoms with Gasteiger partial charge in [0, 0.05) is 12.6 Å². The summed E-state index contributed by atoms with van der Waals surface area (Å²) in [5, 5.41) is 0.337. The van der Waals surface area contributed by atoms with Crippen LogP contribution in [0.4, 0.5) is 5.82 Å². The molecule has 0 fully saturated rings. The zero-order valence-corrected chi connectivity index (χ0v) is 12.0. The first kappa shape index (κ1) is 14.8. The number of rotatable bonds is 4. The molecule has 1 aromatic rings. The van der Waals surface area contributed by atoms with E-state index in [4.69, 9.17) is 17.3 Å². The fourth-order valence-electron chi connectivity index (χ4n) is 1.66. The first-order chi connectivity index (χ1) is 8.32. The molecule has 0 spiro atoms. The number of nitrogens with zero attached hydrogens (tertiary/aromatic N) is 2. The van der Waals surface area contributed by atoms with Gasteiger partial charge in [-0.15, -0.1) is 0 Å². The lowest BCUT2D eigenvalue weighted by atomic mass is 10.1. The number of amides is 1. The van der Waals surface area contributed by atoms with E-state index in [-0.39, 0.29) is 17.6 Å². The molecule has 0 atom stereocenters. The Kier molecular flexibility index (Phi) is 4.96. The molecule has 1 heterocycles. The van der Waals surface area contributed by atoms with Gasteiger partial charge in [0.05, 0.1) is 5.02 Å². The summed E-state index contributed by atoms with van der Waals surface area (Å²) < 4.78 is 0. The van der Waals surface area contributed by atoms with Crippen LogP contribution in [0.15, 0.2) is 12.1 Å². The molecule has 0 saturated carbocycles. The Morgan fingerprint density at radius 1 is 1.39 bits per heavy atom. The highest BCUT2D eigenvalue weighted by Gasteiger charge is 2.23. The van der Waals surface area contributed by atoms with Gasteiger partial charge in [0.2, 0.25) is 0 Å². The van der Waals surface area contributed by atoms with Gasteiger partial charge < -0.3 is 10.6 Å². The normalized spacial score (nSPS) is 11.1. The predicted octanol–water partition coefficient (Wildman–Crippen LogP) is 2.82. The summed E-state index contributed by atoms with van der Waals surface area (Å²) in [6.45, 7) is 8.75. The number of hydrogen-bond donors (Lipinski definition) is 1. The number of carbonyl (C=O) groups excluding carboxylic acids is 1. The molecular weight excluding hydrogens is 250 g/mol. The van der Waals surface area contributed by atoms with Crippen molar-refractivity contribution < 1.29 is 4.79 Å². The average Bonchev–Trinajstić information content (AvgIpc) is 2.27. The van der Waals surface area contributed by atoms with Gasteiger partial charge in [-0.05, 0) is 31.9 Å². The van der Waals surface area contributed by atoms with Crippen molar-refractivity contribution in [3.05, 3.63) is 22.8 Å². The molecule has 1 rings (SSSR count). The van der Waals surface area contributed by atoms with E-state index in [2.05, 4.69) is 18.8 Å². The van der Waals surface area contributed by atoms with Crippen LogP contribution < -0.4 is 5.73 Å². The Morgan fingerprint density at radius 2 is 2.00 bits per heavy atom. The third kappa shape index (κ3) is 3.60. The molecule has 5 heteroatoms. The predicted molar refractivity (Wildman–Crippen MR) is 74.7 cm³/mol. The highest BCUT2D eigenvalue weighted by Crippen LogP contribution is 2.19. The van der Waals surface area contributed by atoms with Crippen LogP contribution in [0, 0.1) is 5.92 Å². The second kappa shape index (κ2) is 6.05. The summed E-state index contributed by atoms with van der Waals surface area (Å²) in [5.41, 5.74) is 5.83. The van der Waals surface area contributed by atoms with Crippen LogP contribution in [-0.4, -0.2) is 28.4 Å². The van der Waals surface area contributed by atoms with Crippen LogP contribution in [0.25, 0.3) is 0 Å². The molecule has 18 heavy (non-hydrogen) atoms. The molecule has 0 aromatic carbocycles. The zero-order valence-electron chi connectivity index (χ0n) is 11.3. The van der Waals surface area contributed by atoms with Crippen molar-refractivity contribution in [2.45, 2.75) is 33.7 Å². The van der Waals surface area contributed by atoms with E-state index in [0.29, 0.717) is 23.3 Å². The van der Waals surface area contributed by atoms with Gasteiger partial charge in [0.15, 0.2) is 0 Å². The summed E-state index contributed by atoms with van der Waals surface area (Å²) in [5.74, 6) is 0.517. The number of hydrogen-bond acceptors (Lipinski definition) is 3. The standard InChI is InChI=1S/C13H20ClN3O/c1-8(2)7-17(9(3)4)13(18)12-10(14)5-6-11(15)16-12/h5-6,8-9H,7H2,1-4H3,(H2,15,16). The molecule has 0 radical (unpaired) electrons. The SMILES string of the molecule is CC(C)CN(C(=O)c1nc(N)ccc1Cl)C(C)C. The summed E-state index contributed by atoms with van der Waals surface area (Å²) in [6, 6.07) is 3.28. The zero-order chi connectivity index (χ0) is 13.9. The highest BCUT2D eigenvalue weighted by molar-refractivity contribution is 6.33. The minimum absolute atomic E-state index is 0.0965. The maximum absolute atomic E-state index is 12.4. The van der Waals surface area contributed by atoms with Crippen molar-refractivity contribution in [3.8, 4) is 0 Å². The Labute approximate surface area is 113 Å². The number of carbonyl (C=O) groups is 1. The maximum atomic E-state index is 12.4. The molecule has 1 aromatic heterocycles. The summed E-state index contributed by atoms with van der Waals surface area (Å²) in [7, 11) is 0. The van der Waals surface area contributed by atoms with Crippen molar-refractivity contribution in [2.24, 2.45) is 5.92 Å². The Morgan fingerprint density at radius 3 is 2.50 bits per heavy atom. The summed E-state index contributed by atoms with van der Waals surface area (Å²) in [6.07, 6.45) is 0. The van der Waals surface area contributed by atoms with Crippen LogP contribution in [0.1, 0.15) is 38.2 Å². The van der Waals surface area contributed by atoms with Gasteiger partial charge in [-0.1, -0.05) is 25.4 Å². The third-order valence-electron chi connectivity index (χ3n) is 2.52. The van der Waals surface area contributed by atoms with E-state index in [9.17, 15) is 4.79 Å². The maximum Gasteiger partial charge on any atom is 0.274 e. The molecule has 0 unspecified atom stereocenters. The molecule has 0 saturated heterocycles. The minimum atomic E-state index is -0.170. The number of aromatic nitrogens is 1. The van der Waals surface area contributed by atoms with E-state index >= 15 is 0 Å². The van der Waals surface area contributed by atoms with E-state index in [1.807, 2.05) is 13.8 Å². The number of pyridine rings is 1. The molecule has 2 N–H and O–H groups in total. The van der Waals surface area contributed by atoms with Crippen LogP contribution in [0.3, 0.4) is 0 Å². The number of nitrogens with two attached hydrogens (primary N) is 1. The monoisotopic (exact) mass is 269 g/mol. The van der Waals surface area contributed by atoms with E-state index < -0.39 is 0 Å². The van der Waals surface area contributed by atoms with Crippen molar-refractivity contribution in [2.75, 3.05) is 12.3 Å². The third-order valence-corrected chi connectivity index (χ3v) is 2.82. The van der Waals surface area contributed by atoms with Crippen LogP contribution in [0.5, 0.6) is 0 Å². The lowest BCUT2D eigenvalue weighted by Crippen LogP contribution is -2.40. The fraction of sp³-hybridized carbons (Fsp3) is 0.538. The first-order valence-electron chi connectivity index (χ1n) is 6.06. The summed E-state index contributed by atoms with van der Waals surface area (Å²) >= 11 is 6.01. The Bertz CT molecular complexity index is 432. The molecular formula is C13H20ClN3O. The second-order valence-corrected chi connectivity index (χ2v) is 5.42. The molecule has 100 valence electrons. The molecule has 4 nitrogen and oxygen atoms in total. The average molecular weight is 270 g/mol. The lowest BCUT2D eigenvalue weighted by molar-refractivity contribution is 0.0676. The largest absolute Gasteiger partial charge is 0.384 e. The molecule has 0 aliphatic rings. The van der Waals surface area contributed by atoms with Crippen LogP contribution in [0.2, 0.25) is 5.02 Å². The first-order valence-corrected chi connectivity index (χ1v) is 6.43. The Balaban J connectivity index is 3.05. The molecule has 0 bridgehead atoms. The van der Waals surface area contributed by atoms with Crippen molar-refractivity contribution in [1.82, 2.24) is 9.88 Å². The van der Waals surface area contributed by atoms with Gasteiger partial charge in [-0.2, -0.15) is 0 Å². The van der Waals surface area contributed by atoms with E-state index in [0.717, 1.165) is 0 Å².